The highest BCUT2D eigenvalue weighted by atomic mass is 32.2. The Labute approximate surface area is 131 Å². The van der Waals surface area contributed by atoms with Crippen molar-refractivity contribution in [3.05, 3.63) is 60.2 Å². The second-order valence-electron chi connectivity index (χ2n) is 4.68. The first-order chi connectivity index (χ1) is 10.2. The van der Waals surface area contributed by atoms with Crippen LogP contribution in [0.3, 0.4) is 0 Å². The van der Waals surface area contributed by atoms with Crippen LogP contribution in [0.4, 0.5) is 0 Å². The van der Waals surface area contributed by atoms with Crippen LogP contribution in [0.25, 0.3) is 10.2 Å². The average molecular weight is 313 g/mol. The van der Waals surface area contributed by atoms with Gasteiger partial charge in [-0.25, -0.2) is 4.98 Å². The van der Waals surface area contributed by atoms with Gasteiger partial charge in [-0.05, 0) is 17.7 Å². The standard InChI is InChI=1S/C16H15N3S2/c17-15(18)12(11-6-2-1-3-7-11)10-20-16-19-13-8-4-5-9-14(13)21-16/h1-9,12H,10H2,(H3,17,18). The Balaban J connectivity index is 1.76. The molecular formula is C16H15N3S2. The van der Waals surface area contributed by atoms with Gasteiger partial charge >= 0.3 is 0 Å². The van der Waals surface area contributed by atoms with Gasteiger partial charge < -0.3 is 5.73 Å². The highest BCUT2D eigenvalue weighted by Gasteiger charge is 2.16. The van der Waals surface area contributed by atoms with Gasteiger partial charge in [0.15, 0.2) is 4.34 Å². The number of thioether (sulfide) groups is 1. The molecular weight excluding hydrogens is 298 g/mol. The highest BCUT2D eigenvalue weighted by Crippen LogP contribution is 2.32. The van der Waals surface area contributed by atoms with Crippen molar-refractivity contribution in [3.63, 3.8) is 0 Å². The van der Waals surface area contributed by atoms with Crippen LogP contribution in [0, 0.1) is 5.41 Å². The number of hydrogen-bond donors (Lipinski definition) is 2. The van der Waals surface area contributed by atoms with Crippen LogP contribution in [-0.2, 0) is 0 Å². The highest BCUT2D eigenvalue weighted by molar-refractivity contribution is 8.01. The van der Waals surface area contributed by atoms with Crippen LogP contribution >= 0.6 is 23.1 Å². The number of rotatable bonds is 5. The molecule has 3 aromatic rings. The van der Waals surface area contributed by atoms with E-state index in [1.165, 1.54) is 4.70 Å². The Bertz CT molecular complexity index is 719. The van der Waals surface area contributed by atoms with Gasteiger partial charge in [-0.1, -0.05) is 54.2 Å². The zero-order valence-electron chi connectivity index (χ0n) is 11.3. The molecule has 0 saturated heterocycles. The molecule has 106 valence electrons. The fourth-order valence-corrected chi connectivity index (χ4v) is 4.37. The van der Waals surface area contributed by atoms with E-state index in [1.54, 1.807) is 23.1 Å². The topological polar surface area (TPSA) is 62.8 Å². The number of para-hydroxylation sites is 1. The molecule has 3 N–H and O–H groups in total. The predicted octanol–water partition coefficient (Wildman–Crippen LogP) is 4.11. The molecule has 0 aliphatic rings. The minimum absolute atomic E-state index is 0.0665. The number of nitrogens with two attached hydrogens (primary N) is 1. The number of amidine groups is 1. The van der Waals surface area contributed by atoms with Gasteiger partial charge in [-0.15, -0.1) is 11.3 Å². The third-order valence-corrected chi connectivity index (χ3v) is 5.50. The summed E-state index contributed by atoms with van der Waals surface area (Å²) in [4.78, 5) is 4.61. The summed E-state index contributed by atoms with van der Waals surface area (Å²) in [5, 5.41) is 7.81. The van der Waals surface area contributed by atoms with Crippen LogP contribution in [0.5, 0.6) is 0 Å². The normalized spacial score (nSPS) is 12.4. The molecule has 3 nitrogen and oxygen atoms in total. The van der Waals surface area contributed by atoms with Crippen molar-refractivity contribution in [2.45, 2.75) is 10.3 Å². The van der Waals surface area contributed by atoms with Crippen molar-refractivity contribution in [3.8, 4) is 0 Å². The SMILES string of the molecule is N=C(N)C(CSc1nc2ccccc2s1)c1ccccc1. The summed E-state index contributed by atoms with van der Waals surface area (Å²) in [5.74, 6) is 0.872. The minimum atomic E-state index is -0.0665. The van der Waals surface area contributed by atoms with Crippen LogP contribution in [0.1, 0.15) is 11.5 Å². The molecule has 0 aliphatic carbocycles. The summed E-state index contributed by atoms with van der Waals surface area (Å²) in [5.41, 5.74) is 7.87. The molecule has 0 aliphatic heterocycles. The second kappa shape index (κ2) is 6.28. The maximum absolute atomic E-state index is 7.81. The molecule has 0 saturated carbocycles. The first-order valence-electron chi connectivity index (χ1n) is 6.61. The van der Waals surface area contributed by atoms with E-state index in [0.29, 0.717) is 0 Å². The zero-order chi connectivity index (χ0) is 14.7. The fraction of sp³-hybridized carbons (Fsp3) is 0.125. The summed E-state index contributed by atoms with van der Waals surface area (Å²) in [6.07, 6.45) is 0. The van der Waals surface area contributed by atoms with Crippen molar-refractivity contribution in [2.24, 2.45) is 5.73 Å². The third-order valence-electron chi connectivity index (χ3n) is 3.23. The molecule has 5 heteroatoms. The first kappa shape index (κ1) is 14.1. The second-order valence-corrected chi connectivity index (χ2v) is 6.97. The summed E-state index contributed by atoms with van der Waals surface area (Å²) in [6, 6.07) is 18.1. The molecule has 0 bridgehead atoms. The van der Waals surface area contributed by atoms with Crippen molar-refractivity contribution >= 4 is 39.2 Å². The molecule has 1 atom stereocenters. The molecule has 1 unspecified atom stereocenters. The first-order valence-corrected chi connectivity index (χ1v) is 8.41. The van der Waals surface area contributed by atoms with E-state index in [1.807, 2.05) is 48.5 Å². The monoisotopic (exact) mass is 313 g/mol. The van der Waals surface area contributed by atoms with E-state index >= 15 is 0 Å². The summed E-state index contributed by atoms with van der Waals surface area (Å²) in [7, 11) is 0. The van der Waals surface area contributed by atoms with Gasteiger partial charge in [-0.3, -0.25) is 5.41 Å². The van der Waals surface area contributed by atoms with Gasteiger partial charge in [-0.2, -0.15) is 0 Å². The number of benzene rings is 2. The van der Waals surface area contributed by atoms with Crippen LogP contribution in [-0.4, -0.2) is 16.6 Å². The molecule has 3 rings (SSSR count). The number of nitrogens with one attached hydrogen (secondary N) is 1. The Hall–Kier alpha value is -1.85. The number of thiazole rings is 1. The molecule has 2 aromatic carbocycles. The fourth-order valence-electron chi connectivity index (χ4n) is 2.12. The van der Waals surface area contributed by atoms with Gasteiger partial charge in [0.25, 0.3) is 0 Å². The quantitative estimate of drug-likeness (QED) is 0.423. The van der Waals surface area contributed by atoms with E-state index in [2.05, 4.69) is 11.1 Å². The molecule has 0 fully saturated rings. The summed E-state index contributed by atoms with van der Waals surface area (Å²) in [6.45, 7) is 0. The van der Waals surface area contributed by atoms with Gasteiger partial charge in [0.2, 0.25) is 0 Å². The van der Waals surface area contributed by atoms with E-state index in [9.17, 15) is 0 Å². The molecule has 0 radical (unpaired) electrons. The number of hydrogen-bond acceptors (Lipinski definition) is 4. The summed E-state index contributed by atoms with van der Waals surface area (Å²) < 4.78 is 2.22. The van der Waals surface area contributed by atoms with E-state index < -0.39 is 0 Å². The lowest BCUT2D eigenvalue weighted by atomic mass is 10.0. The maximum Gasteiger partial charge on any atom is 0.151 e. The van der Waals surface area contributed by atoms with E-state index in [4.69, 9.17) is 11.1 Å². The van der Waals surface area contributed by atoms with Gasteiger partial charge in [0.05, 0.1) is 22.0 Å². The van der Waals surface area contributed by atoms with Crippen LogP contribution in [0.15, 0.2) is 58.9 Å². The molecule has 1 aromatic heterocycles. The van der Waals surface area contributed by atoms with E-state index in [0.717, 1.165) is 21.2 Å². The van der Waals surface area contributed by atoms with Crippen LogP contribution in [0.2, 0.25) is 0 Å². The van der Waals surface area contributed by atoms with Gasteiger partial charge in [0, 0.05) is 5.75 Å². The number of fused-ring (bicyclic) bond motifs is 1. The smallest absolute Gasteiger partial charge is 0.151 e. The molecule has 1 heterocycles. The van der Waals surface area contributed by atoms with E-state index in [-0.39, 0.29) is 11.8 Å². The summed E-state index contributed by atoms with van der Waals surface area (Å²) >= 11 is 3.35. The van der Waals surface area contributed by atoms with Crippen molar-refractivity contribution in [2.75, 3.05) is 5.75 Å². The average Bonchev–Trinajstić information content (AvgIpc) is 2.91. The zero-order valence-corrected chi connectivity index (χ0v) is 13.0. The number of aromatic nitrogens is 1. The Morgan fingerprint density at radius 1 is 1.14 bits per heavy atom. The van der Waals surface area contributed by atoms with Crippen LogP contribution < -0.4 is 5.73 Å². The molecule has 21 heavy (non-hydrogen) atoms. The Morgan fingerprint density at radius 3 is 2.57 bits per heavy atom. The van der Waals surface area contributed by atoms with Gasteiger partial charge in [0.1, 0.15) is 0 Å². The van der Waals surface area contributed by atoms with Crippen molar-refractivity contribution < 1.29 is 0 Å². The minimum Gasteiger partial charge on any atom is -0.387 e. The molecule has 0 spiro atoms. The Kier molecular flexibility index (Phi) is 4.22. The predicted molar refractivity (Wildman–Crippen MR) is 91.4 cm³/mol. The Morgan fingerprint density at radius 2 is 1.86 bits per heavy atom. The number of nitrogens with zero attached hydrogens (tertiary/aromatic N) is 1. The largest absolute Gasteiger partial charge is 0.387 e. The van der Waals surface area contributed by atoms with Crippen molar-refractivity contribution in [1.29, 1.82) is 5.41 Å². The maximum atomic E-state index is 7.81. The molecule has 0 amide bonds. The lowest BCUT2D eigenvalue weighted by Crippen LogP contribution is -2.22. The van der Waals surface area contributed by atoms with Crippen molar-refractivity contribution in [1.82, 2.24) is 4.98 Å². The lowest BCUT2D eigenvalue weighted by Gasteiger charge is -2.14. The third kappa shape index (κ3) is 3.25. The lowest BCUT2D eigenvalue weighted by molar-refractivity contribution is 1.00.